The molecule has 1 amide bonds. The minimum atomic E-state index is -0.0508. The van der Waals surface area contributed by atoms with Crippen molar-refractivity contribution in [3.05, 3.63) is 78.4 Å². The second kappa shape index (κ2) is 7.79. The molecule has 3 rings (SSSR count). The summed E-state index contributed by atoms with van der Waals surface area (Å²) < 4.78 is 2.03. The van der Waals surface area contributed by atoms with Crippen LogP contribution in [0.15, 0.2) is 67.1 Å². The minimum Gasteiger partial charge on any atom is -0.344 e. The number of aryl methyl sites for hydroxylation is 1. The van der Waals surface area contributed by atoms with Gasteiger partial charge in [-0.05, 0) is 42.7 Å². The number of nitrogens with one attached hydrogen (secondary N) is 1. The predicted octanol–water partition coefficient (Wildman–Crippen LogP) is 4.45. The standard InChI is InChI=1S/C21H23N3O/c1-3-13-24-15-19(18-9-11-22-12-10-18)14-20(24)21(25)23-16(2)17-7-5-4-6-8-17/h4-12,14-16H,3,13H2,1-2H3,(H,23,25)/t16-/m1/s1. The van der Waals surface area contributed by atoms with Crippen molar-refractivity contribution in [3.8, 4) is 11.1 Å². The fourth-order valence-electron chi connectivity index (χ4n) is 2.92. The molecule has 0 aliphatic rings. The second-order valence-electron chi connectivity index (χ2n) is 6.15. The number of carbonyl (C=O) groups is 1. The quantitative estimate of drug-likeness (QED) is 0.724. The van der Waals surface area contributed by atoms with E-state index in [2.05, 4.69) is 17.2 Å². The van der Waals surface area contributed by atoms with E-state index in [1.807, 2.05) is 66.2 Å². The van der Waals surface area contributed by atoms with Crippen LogP contribution in [0.1, 0.15) is 42.4 Å². The Morgan fingerprint density at radius 2 is 1.84 bits per heavy atom. The number of nitrogens with zero attached hydrogens (tertiary/aromatic N) is 2. The fraction of sp³-hybridized carbons (Fsp3) is 0.238. The number of amides is 1. The van der Waals surface area contributed by atoms with Gasteiger partial charge < -0.3 is 9.88 Å². The summed E-state index contributed by atoms with van der Waals surface area (Å²) in [4.78, 5) is 16.9. The van der Waals surface area contributed by atoms with E-state index < -0.39 is 0 Å². The van der Waals surface area contributed by atoms with Crippen molar-refractivity contribution in [1.82, 2.24) is 14.9 Å². The van der Waals surface area contributed by atoms with Crippen LogP contribution in [0.5, 0.6) is 0 Å². The van der Waals surface area contributed by atoms with Gasteiger partial charge in [-0.1, -0.05) is 37.3 Å². The maximum Gasteiger partial charge on any atom is 0.268 e. The third-order valence-corrected chi connectivity index (χ3v) is 4.25. The number of pyridine rings is 1. The van der Waals surface area contributed by atoms with Gasteiger partial charge in [0.2, 0.25) is 0 Å². The van der Waals surface area contributed by atoms with E-state index in [1.165, 1.54) is 0 Å². The Labute approximate surface area is 148 Å². The Morgan fingerprint density at radius 3 is 2.52 bits per heavy atom. The van der Waals surface area contributed by atoms with Gasteiger partial charge in [0.15, 0.2) is 0 Å². The molecule has 1 atom stereocenters. The van der Waals surface area contributed by atoms with Crippen molar-refractivity contribution < 1.29 is 4.79 Å². The zero-order chi connectivity index (χ0) is 17.6. The molecule has 128 valence electrons. The Balaban J connectivity index is 1.85. The zero-order valence-corrected chi connectivity index (χ0v) is 14.6. The monoisotopic (exact) mass is 333 g/mol. The predicted molar refractivity (Wildman–Crippen MR) is 100 cm³/mol. The molecule has 4 nitrogen and oxygen atoms in total. The average Bonchev–Trinajstić information content (AvgIpc) is 3.07. The maximum absolute atomic E-state index is 12.8. The van der Waals surface area contributed by atoms with E-state index in [0.717, 1.165) is 29.7 Å². The van der Waals surface area contributed by atoms with E-state index >= 15 is 0 Å². The first-order valence-electron chi connectivity index (χ1n) is 8.65. The largest absolute Gasteiger partial charge is 0.344 e. The van der Waals surface area contributed by atoms with Crippen LogP contribution in [0.2, 0.25) is 0 Å². The van der Waals surface area contributed by atoms with Gasteiger partial charge >= 0.3 is 0 Å². The van der Waals surface area contributed by atoms with Gasteiger partial charge in [0, 0.05) is 30.7 Å². The smallest absolute Gasteiger partial charge is 0.268 e. The van der Waals surface area contributed by atoms with Crippen molar-refractivity contribution in [2.45, 2.75) is 32.9 Å². The Bertz CT molecular complexity index is 825. The molecule has 0 aliphatic heterocycles. The summed E-state index contributed by atoms with van der Waals surface area (Å²) in [6.45, 7) is 4.93. The molecule has 3 aromatic rings. The number of aromatic nitrogens is 2. The van der Waals surface area contributed by atoms with Crippen molar-refractivity contribution in [3.63, 3.8) is 0 Å². The maximum atomic E-state index is 12.8. The number of hydrogen-bond donors (Lipinski definition) is 1. The second-order valence-corrected chi connectivity index (χ2v) is 6.15. The lowest BCUT2D eigenvalue weighted by Gasteiger charge is -2.15. The van der Waals surface area contributed by atoms with E-state index in [4.69, 9.17) is 0 Å². The average molecular weight is 333 g/mol. The van der Waals surface area contributed by atoms with Gasteiger partial charge in [-0.25, -0.2) is 0 Å². The third-order valence-electron chi connectivity index (χ3n) is 4.25. The lowest BCUT2D eigenvalue weighted by atomic mass is 10.1. The van der Waals surface area contributed by atoms with Gasteiger partial charge in [-0.15, -0.1) is 0 Å². The van der Waals surface area contributed by atoms with Gasteiger partial charge in [0.05, 0.1) is 6.04 Å². The molecular formula is C21H23N3O. The molecule has 25 heavy (non-hydrogen) atoms. The number of rotatable bonds is 6. The van der Waals surface area contributed by atoms with E-state index in [-0.39, 0.29) is 11.9 Å². The molecule has 2 heterocycles. The molecule has 1 N–H and O–H groups in total. The van der Waals surface area contributed by atoms with Crippen molar-refractivity contribution in [2.24, 2.45) is 0 Å². The number of benzene rings is 1. The van der Waals surface area contributed by atoms with Gasteiger partial charge in [-0.3, -0.25) is 9.78 Å². The Hall–Kier alpha value is -2.88. The normalized spacial score (nSPS) is 11.9. The van der Waals surface area contributed by atoms with Gasteiger partial charge in [-0.2, -0.15) is 0 Å². The van der Waals surface area contributed by atoms with Crippen molar-refractivity contribution in [2.75, 3.05) is 0 Å². The van der Waals surface area contributed by atoms with E-state index in [0.29, 0.717) is 5.69 Å². The summed E-state index contributed by atoms with van der Waals surface area (Å²) in [5.74, 6) is -0.0508. The van der Waals surface area contributed by atoms with Crippen LogP contribution in [0.4, 0.5) is 0 Å². The third kappa shape index (κ3) is 3.97. The van der Waals surface area contributed by atoms with Crippen LogP contribution in [0.25, 0.3) is 11.1 Å². The molecule has 0 bridgehead atoms. The van der Waals surface area contributed by atoms with Crippen LogP contribution in [0.3, 0.4) is 0 Å². The van der Waals surface area contributed by atoms with Gasteiger partial charge in [0.25, 0.3) is 5.91 Å². The van der Waals surface area contributed by atoms with Crippen LogP contribution in [-0.2, 0) is 6.54 Å². The van der Waals surface area contributed by atoms with E-state index in [9.17, 15) is 4.79 Å². The summed E-state index contributed by atoms with van der Waals surface area (Å²) in [5.41, 5.74) is 3.89. The first-order valence-corrected chi connectivity index (χ1v) is 8.65. The van der Waals surface area contributed by atoms with Crippen LogP contribution < -0.4 is 5.32 Å². The highest BCUT2D eigenvalue weighted by Crippen LogP contribution is 2.23. The molecule has 0 aliphatic carbocycles. The van der Waals surface area contributed by atoms with E-state index in [1.54, 1.807) is 12.4 Å². The molecule has 0 spiro atoms. The first-order chi connectivity index (χ1) is 12.2. The highest BCUT2D eigenvalue weighted by atomic mass is 16.2. The van der Waals surface area contributed by atoms with Crippen molar-refractivity contribution in [1.29, 1.82) is 0 Å². The summed E-state index contributed by atoms with van der Waals surface area (Å²) in [7, 11) is 0. The Kier molecular flexibility index (Phi) is 5.29. The van der Waals surface area contributed by atoms with Crippen molar-refractivity contribution >= 4 is 5.91 Å². The number of carbonyl (C=O) groups excluding carboxylic acids is 1. The summed E-state index contributed by atoms with van der Waals surface area (Å²) in [6.07, 6.45) is 6.55. The van der Waals surface area contributed by atoms with Crippen LogP contribution in [-0.4, -0.2) is 15.5 Å². The fourth-order valence-corrected chi connectivity index (χ4v) is 2.92. The molecular weight excluding hydrogens is 310 g/mol. The molecule has 1 aromatic carbocycles. The molecule has 4 heteroatoms. The molecule has 0 fully saturated rings. The summed E-state index contributed by atoms with van der Waals surface area (Å²) >= 11 is 0. The summed E-state index contributed by atoms with van der Waals surface area (Å²) in [5, 5.41) is 3.10. The topological polar surface area (TPSA) is 46.9 Å². The minimum absolute atomic E-state index is 0.0388. The first kappa shape index (κ1) is 17.0. The molecule has 0 unspecified atom stereocenters. The highest BCUT2D eigenvalue weighted by molar-refractivity contribution is 5.94. The van der Waals surface area contributed by atoms with Gasteiger partial charge in [0.1, 0.15) is 5.69 Å². The zero-order valence-electron chi connectivity index (χ0n) is 14.6. The lowest BCUT2D eigenvalue weighted by Crippen LogP contribution is -2.28. The SMILES string of the molecule is CCCn1cc(-c2ccncc2)cc1C(=O)N[C@H](C)c1ccccc1. The molecule has 2 aromatic heterocycles. The number of hydrogen-bond acceptors (Lipinski definition) is 2. The van der Waals surface area contributed by atoms with Crippen LogP contribution in [0, 0.1) is 0 Å². The summed E-state index contributed by atoms with van der Waals surface area (Å²) in [6, 6.07) is 15.8. The Morgan fingerprint density at radius 1 is 1.12 bits per heavy atom. The lowest BCUT2D eigenvalue weighted by molar-refractivity contribution is 0.0930. The highest BCUT2D eigenvalue weighted by Gasteiger charge is 2.17. The van der Waals surface area contributed by atoms with Crippen LogP contribution >= 0.6 is 0 Å². The molecule has 0 saturated heterocycles. The molecule has 0 saturated carbocycles. The molecule has 0 radical (unpaired) electrons.